The van der Waals surface area contributed by atoms with E-state index < -0.39 is 11.7 Å². The van der Waals surface area contributed by atoms with Crippen LogP contribution in [0, 0.1) is 0 Å². The van der Waals surface area contributed by atoms with Crippen molar-refractivity contribution < 1.29 is 9.50 Å². The Morgan fingerprint density at radius 2 is 1.77 bits per heavy atom. The first kappa shape index (κ1) is 9.99. The Kier molecular flexibility index (Phi) is 2.57. The zero-order chi connectivity index (χ0) is 10.1. The van der Waals surface area contributed by atoms with Gasteiger partial charge in [-0.05, 0) is 31.5 Å². The summed E-state index contributed by atoms with van der Waals surface area (Å²) in [6, 6.07) is 5.98. The summed E-state index contributed by atoms with van der Waals surface area (Å²) in [5.41, 5.74) is 5.21. The number of phenols is 1. The van der Waals surface area contributed by atoms with E-state index in [-0.39, 0.29) is 5.75 Å². The van der Waals surface area contributed by atoms with Crippen LogP contribution >= 0.6 is 0 Å². The van der Waals surface area contributed by atoms with Crippen molar-refractivity contribution in [2.75, 3.05) is 0 Å². The highest BCUT2D eigenvalue weighted by molar-refractivity contribution is 5.28. The number of alkyl halides is 1. The van der Waals surface area contributed by atoms with Gasteiger partial charge in [0.2, 0.25) is 0 Å². The molecule has 0 aromatic heterocycles. The van der Waals surface area contributed by atoms with Crippen LogP contribution in [0.5, 0.6) is 5.75 Å². The van der Waals surface area contributed by atoms with Crippen LogP contribution in [0.3, 0.4) is 0 Å². The van der Waals surface area contributed by atoms with Crippen molar-refractivity contribution in [1.82, 2.24) is 0 Å². The number of halogens is 1. The summed E-state index contributed by atoms with van der Waals surface area (Å²) in [4.78, 5) is 0. The Morgan fingerprint density at radius 1 is 1.31 bits per heavy atom. The molecule has 1 aromatic carbocycles. The van der Waals surface area contributed by atoms with Gasteiger partial charge in [-0.25, -0.2) is 4.39 Å². The van der Waals surface area contributed by atoms with Gasteiger partial charge in [-0.3, -0.25) is 0 Å². The normalized spacial score (nSPS) is 14.2. The van der Waals surface area contributed by atoms with Crippen LogP contribution in [-0.4, -0.2) is 10.6 Å². The van der Waals surface area contributed by atoms with E-state index in [0.29, 0.717) is 5.56 Å². The van der Waals surface area contributed by atoms with Gasteiger partial charge in [0.05, 0.1) is 0 Å². The van der Waals surface area contributed by atoms with Gasteiger partial charge in [0, 0.05) is 5.54 Å². The fourth-order valence-corrected chi connectivity index (χ4v) is 1.07. The first-order chi connectivity index (χ1) is 5.91. The van der Waals surface area contributed by atoms with Gasteiger partial charge >= 0.3 is 0 Å². The summed E-state index contributed by atoms with van der Waals surface area (Å²) in [5.74, 6) is 0.130. The molecule has 13 heavy (non-hydrogen) atoms. The summed E-state index contributed by atoms with van der Waals surface area (Å²) in [7, 11) is 0. The minimum Gasteiger partial charge on any atom is -0.508 e. The molecule has 0 radical (unpaired) electrons. The second-order valence-corrected chi connectivity index (χ2v) is 3.78. The first-order valence-corrected chi connectivity index (χ1v) is 4.13. The summed E-state index contributed by atoms with van der Waals surface area (Å²) >= 11 is 0. The summed E-state index contributed by atoms with van der Waals surface area (Å²) in [5, 5.41) is 8.99. The van der Waals surface area contributed by atoms with Gasteiger partial charge in [-0.2, -0.15) is 0 Å². The van der Waals surface area contributed by atoms with E-state index in [0.717, 1.165) is 0 Å². The van der Waals surface area contributed by atoms with Crippen LogP contribution in [-0.2, 0) is 0 Å². The number of aromatic hydroxyl groups is 1. The second-order valence-electron chi connectivity index (χ2n) is 3.78. The summed E-state index contributed by atoms with van der Waals surface area (Å²) in [6.07, 6.45) is -1.21. The smallest absolute Gasteiger partial charge is 0.142 e. The van der Waals surface area contributed by atoms with Crippen LogP contribution in [0.1, 0.15) is 25.6 Å². The highest BCUT2D eigenvalue weighted by Gasteiger charge is 2.26. The van der Waals surface area contributed by atoms with Gasteiger partial charge in [0.1, 0.15) is 11.9 Å². The number of hydrogen-bond donors (Lipinski definition) is 2. The third-order valence-electron chi connectivity index (χ3n) is 1.84. The van der Waals surface area contributed by atoms with Crippen molar-refractivity contribution in [2.45, 2.75) is 25.6 Å². The summed E-state index contributed by atoms with van der Waals surface area (Å²) in [6.45, 7) is 3.26. The molecule has 3 N–H and O–H groups in total. The number of hydrogen-bond acceptors (Lipinski definition) is 2. The van der Waals surface area contributed by atoms with Gasteiger partial charge in [-0.15, -0.1) is 0 Å². The number of nitrogens with two attached hydrogens (primary N) is 1. The minimum absolute atomic E-state index is 0.130. The average molecular weight is 183 g/mol. The predicted molar refractivity (Wildman–Crippen MR) is 50.2 cm³/mol. The minimum atomic E-state index is -1.21. The maximum absolute atomic E-state index is 13.6. The lowest BCUT2D eigenvalue weighted by Gasteiger charge is -2.23. The van der Waals surface area contributed by atoms with Crippen molar-refractivity contribution in [2.24, 2.45) is 5.73 Å². The quantitative estimate of drug-likeness (QED) is 0.737. The number of phenolic OH excluding ortho intramolecular Hbond substituents is 1. The first-order valence-electron chi connectivity index (χ1n) is 4.13. The molecule has 0 amide bonds. The number of rotatable bonds is 2. The molecule has 0 saturated heterocycles. The fourth-order valence-electron chi connectivity index (χ4n) is 1.07. The van der Waals surface area contributed by atoms with Gasteiger partial charge in [0.25, 0.3) is 0 Å². The molecule has 2 nitrogen and oxygen atoms in total. The molecule has 0 fully saturated rings. The molecular formula is C10H14FNO. The molecule has 0 bridgehead atoms. The van der Waals surface area contributed by atoms with Gasteiger partial charge in [-0.1, -0.05) is 12.1 Å². The molecule has 1 unspecified atom stereocenters. The van der Waals surface area contributed by atoms with Crippen LogP contribution < -0.4 is 5.73 Å². The van der Waals surface area contributed by atoms with E-state index in [9.17, 15) is 4.39 Å². The third kappa shape index (κ3) is 2.42. The zero-order valence-corrected chi connectivity index (χ0v) is 7.79. The number of benzene rings is 1. The molecule has 0 aliphatic carbocycles. The Morgan fingerprint density at radius 3 is 2.15 bits per heavy atom. The van der Waals surface area contributed by atoms with Crippen molar-refractivity contribution >= 4 is 0 Å². The van der Waals surface area contributed by atoms with Crippen molar-refractivity contribution in [3.05, 3.63) is 29.8 Å². The van der Waals surface area contributed by atoms with Crippen molar-refractivity contribution in [3.63, 3.8) is 0 Å². The lowest BCUT2D eigenvalue weighted by molar-refractivity contribution is 0.223. The van der Waals surface area contributed by atoms with E-state index in [4.69, 9.17) is 10.8 Å². The lowest BCUT2D eigenvalue weighted by atomic mass is 9.94. The predicted octanol–water partition coefficient (Wildman–Crippen LogP) is 2.14. The van der Waals surface area contributed by atoms with Crippen LogP contribution in [0.25, 0.3) is 0 Å². The van der Waals surface area contributed by atoms with Gasteiger partial charge < -0.3 is 10.8 Å². The Bertz CT molecular complexity index is 276. The standard InChI is InChI=1S/C10H14FNO/c1-10(2,12)9(11)7-3-5-8(13)6-4-7/h3-6,9,13H,12H2,1-2H3. The maximum Gasteiger partial charge on any atom is 0.142 e. The molecule has 0 saturated carbocycles. The Hall–Kier alpha value is -1.09. The van der Waals surface area contributed by atoms with E-state index in [2.05, 4.69) is 0 Å². The van der Waals surface area contributed by atoms with Crippen LogP contribution in [0.2, 0.25) is 0 Å². The van der Waals surface area contributed by atoms with Crippen LogP contribution in [0.4, 0.5) is 4.39 Å². The van der Waals surface area contributed by atoms with E-state index in [1.54, 1.807) is 13.8 Å². The van der Waals surface area contributed by atoms with Crippen LogP contribution in [0.15, 0.2) is 24.3 Å². The highest BCUT2D eigenvalue weighted by Crippen LogP contribution is 2.28. The average Bonchev–Trinajstić information content (AvgIpc) is 2.03. The molecule has 72 valence electrons. The zero-order valence-electron chi connectivity index (χ0n) is 7.79. The van der Waals surface area contributed by atoms with Crippen molar-refractivity contribution in [1.29, 1.82) is 0 Å². The molecule has 1 rings (SSSR count). The van der Waals surface area contributed by atoms with E-state index in [1.807, 2.05) is 0 Å². The molecule has 0 heterocycles. The monoisotopic (exact) mass is 183 g/mol. The highest BCUT2D eigenvalue weighted by atomic mass is 19.1. The van der Waals surface area contributed by atoms with Gasteiger partial charge in [0.15, 0.2) is 0 Å². The maximum atomic E-state index is 13.6. The Balaban J connectivity index is 2.90. The summed E-state index contributed by atoms with van der Waals surface area (Å²) < 4.78 is 13.6. The largest absolute Gasteiger partial charge is 0.508 e. The Labute approximate surface area is 77.2 Å². The molecular weight excluding hydrogens is 169 g/mol. The second kappa shape index (κ2) is 3.34. The molecule has 1 aromatic rings. The topological polar surface area (TPSA) is 46.2 Å². The fraction of sp³-hybridized carbons (Fsp3) is 0.400. The SMILES string of the molecule is CC(C)(N)C(F)c1ccc(O)cc1. The third-order valence-corrected chi connectivity index (χ3v) is 1.84. The van der Waals surface area contributed by atoms with Crippen molar-refractivity contribution in [3.8, 4) is 5.75 Å². The lowest BCUT2D eigenvalue weighted by Crippen LogP contribution is -2.37. The molecule has 1 atom stereocenters. The molecule has 3 heteroatoms. The van der Waals surface area contributed by atoms with E-state index >= 15 is 0 Å². The van der Waals surface area contributed by atoms with E-state index in [1.165, 1.54) is 24.3 Å². The molecule has 0 spiro atoms. The molecule has 0 aliphatic heterocycles. The molecule has 0 aliphatic rings.